The van der Waals surface area contributed by atoms with E-state index in [2.05, 4.69) is 26.2 Å². The van der Waals surface area contributed by atoms with Gasteiger partial charge in [0.2, 0.25) is 11.8 Å². The summed E-state index contributed by atoms with van der Waals surface area (Å²) >= 11 is 3.55. The Morgan fingerprint density at radius 3 is 2.57 bits per heavy atom. The van der Waals surface area contributed by atoms with Crippen molar-refractivity contribution in [3.8, 4) is 0 Å². The fraction of sp³-hybridized carbons (Fsp3) is 0.296. The highest BCUT2D eigenvalue weighted by molar-refractivity contribution is 9.12. The number of amidine groups is 1. The fourth-order valence-electron chi connectivity index (χ4n) is 3.82. The number of anilines is 1. The molecule has 0 spiro atoms. The van der Waals surface area contributed by atoms with Crippen molar-refractivity contribution in [1.82, 2.24) is 5.32 Å². The second-order valence-electron chi connectivity index (χ2n) is 8.53. The van der Waals surface area contributed by atoms with Crippen molar-refractivity contribution in [3.05, 3.63) is 86.9 Å². The van der Waals surface area contributed by atoms with Gasteiger partial charge in [-0.3, -0.25) is 14.5 Å². The maximum absolute atomic E-state index is 14.1. The lowest BCUT2D eigenvalue weighted by atomic mass is 10.0. The summed E-state index contributed by atoms with van der Waals surface area (Å²) in [5, 5.41) is 2.78. The number of aryl methyl sites for hydroxylation is 1. The van der Waals surface area contributed by atoms with E-state index in [4.69, 9.17) is 10.5 Å². The topological polar surface area (TPSA) is 97.0 Å². The van der Waals surface area contributed by atoms with Gasteiger partial charge in [-0.2, -0.15) is 4.99 Å². The van der Waals surface area contributed by atoms with Crippen LogP contribution in [-0.2, 0) is 16.1 Å². The zero-order valence-corrected chi connectivity index (χ0v) is 22.7. The van der Waals surface area contributed by atoms with Crippen molar-refractivity contribution in [2.45, 2.75) is 40.7 Å². The summed E-state index contributed by atoms with van der Waals surface area (Å²) < 4.78 is 33.6. The molecule has 10 heteroatoms. The third-order valence-corrected chi connectivity index (χ3v) is 6.76. The van der Waals surface area contributed by atoms with Crippen molar-refractivity contribution < 1.29 is 23.1 Å². The van der Waals surface area contributed by atoms with Crippen LogP contribution in [0, 0.1) is 24.5 Å². The summed E-state index contributed by atoms with van der Waals surface area (Å²) in [5.74, 6) is -1.78. The molecule has 0 radical (unpaired) electrons. The molecule has 196 valence electrons. The molecule has 3 rings (SSSR count). The molecule has 0 saturated heterocycles. The molecular formula is C27H29BrF2N4O3. The van der Waals surface area contributed by atoms with Crippen LogP contribution in [0.25, 0.3) is 0 Å². The zero-order chi connectivity index (χ0) is 27.3. The molecule has 7 nitrogen and oxygen atoms in total. The summed E-state index contributed by atoms with van der Waals surface area (Å²) in [4.78, 5) is 30.8. The van der Waals surface area contributed by atoms with Gasteiger partial charge in [-0.05, 0) is 73.0 Å². The molecule has 0 aliphatic carbocycles. The summed E-state index contributed by atoms with van der Waals surface area (Å²) in [5.41, 5.74) is 8.33. The van der Waals surface area contributed by atoms with Gasteiger partial charge in [0.1, 0.15) is 28.6 Å². The van der Waals surface area contributed by atoms with Gasteiger partial charge in [-0.25, -0.2) is 8.78 Å². The van der Waals surface area contributed by atoms with Crippen LogP contribution in [0.2, 0.25) is 0 Å². The number of nitrogens with zero attached hydrogens (tertiary/aromatic N) is 2. The predicted octanol–water partition coefficient (Wildman–Crippen LogP) is 5.44. The maximum Gasteiger partial charge on any atom is 0.251 e. The van der Waals surface area contributed by atoms with Gasteiger partial charge in [-0.15, -0.1) is 0 Å². The summed E-state index contributed by atoms with van der Waals surface area (Å²) in [6, 6.07) is 8.59. The SMILES string of the molecule is C/C=C1/C(Br)=C(OCc2ccc(F)cc2F)N=C(C)N1c1cc(C(=O)NCC(CC)C(N)=O)ccc1C. The van der Waals surface area contributed by atoms with Gasteiger partial charge in [0.25, 0.3) is 5.91 Å². The normalized spacial score (nSPS) is 15.5. The Balaban J connectivity index is 1.86. The monoisotopic (exact) mass is 574 g/mol. The van der Waals surface area contributed by atoms with Crippen LogP contribution in [-0.4, -0.2) is 24.2 Å². The van der Waals surface area contributed by atoms with Crippen molar-refractivity contribution in [3.63, 3.8) is 0 Å². The Bertz CT molecular complexity index is 1310. The average molecular weight is 575 g/mol. The maximum atomic E-state index is 14.1. The van der Waals surface area contributed by atoms with Crippen LogP contribution >= 0.6 is 15.9 Å². The first kappa shape index (κ1) is 28.0. The number of aliphatic imine (C=N–C) groups is 1. The van der Waals surface area contributed by atoms with Gasteiger partial charge < -0.3 is 15.8 Å². The van der Waals surface area contributed by atoms with Gasteiger partial charge in [-0.1, -0.05) is 19.1 Å². The number of ether oxygens (including phenoxy) is 1. The largest absolute Gasteiger partial charge is 0.472 e. The Hall–Kier alpha value is -3.53. The number of rotatable bonds is 9. The van der Waals surface area contributed by atoms with E-state index in [1.807, 2.05) is 37.8 Å². The molecule has 2 aromatic carbocycles. The van der Waals surface area contributed by atoms with E-state index in [1.54, 1.807) is 19.1 Å². The van der Waals surface area contributed by atoms with Gasteiger partial charge in [0.05, 0.1) is 17.3 Å². The van der Waals surface area contributed by atoms with Crippen molar-refractivity contribution in [2.24, 2.45) is 16.6 Å². The van der Waals surface area contributed by atoms with E-state index in [-0.39, 0.29) is 30.5 Å². The van der Waals surface area contributed by atoms with Crippen LogP contribution in [0.3, 0.4) is 0 Å². The standard InChI is InChI=1S/C27H29BrF2N4O3/c1-5-17(25(31)35)13-32-26(36)18-8-7-15(3)23(11-18)34-16(4)33-27(24(28)22(34)6-2)37-14-19-9-10-20(29)12-21(19)30/h6-12,17H,5,13-14H2,1-4H3,(H2,31,35)(H,32,36)/b22-6-. The number of primary amides is 1. The Morgan fingerprint density at radius 1 is 1.22 bits per heavy atom. The summed E-state index contributed by atoms with van der Waals surface area (Å²) in [6.07, 6.45) is 2.39. The van der Waals surface area contributed by atoms with E-state index >= 15 is 0 Å². The minimum atomic E-state index is -0.701. The average Bonchev–Trinajstić information content (AvgIpc) is 2.85. The molecule has 1 aliphatic rings. The molecule has 1 atom stereocenters. The number of carbonyl (C=O) groups is 2. The third-order valence-electron chi connectivity index (χ3n) is 6.01. The molecule has 2 aromatic rings. The third kappa shape index (κ3) is 6.43. The van der Waals surface area contributed by atoms with Crippen LogP contribution in [0.15, 0.2) is 63.5 Å². The molecule has 1 heterocycles. The number of halogens is 3. The van der Waals surface area contributed by atoms with E-state index in [1.165, 1.54) is 12.1 Å². The lowest BCUT2D eigenvalue weighted by Crippen LogP contribution is -2.36. The zero-order valence-electron chi connectivity index (χ0n) is 21.1. The second kappa shape index (κ2) is 12.1. The van der Waals surface area contributed by atoms with Crippen LogP contribution in [0.1, 0.15) is 48.7 Å². The fourth-order valence-corrected chi connectivity index (χ4v) is 4.43. The Labute approximate surface area is 223 Å². The quantitative estimate of drug-likeness (QED) is 0.417. The predicted molar refractivity (Wildman–Crippen MR) is 143 cm³/mol. The smallest absolute Gasteiger partial charge is 0.251 e. The van der Waals surface area contributed by atoms with E-state index in [0.717, 1.165) is 17.3 Å². The first-order chi connectivity index (χ1) is 17.6. The van der Waals surface area contributed by atoms with Crippen molar-refractivity contribution in [1.29, 1.82) is 0 Å². The number of allylic oxidation sites excluding steroid dienone is 2. The molecule has 1 unspecified atom stereocenters. The van der Waals surface area contributed by atoms with Gasteiger partial charge in [0.15, 0.2) is 0 Å². The lowest BCUT2D eigenvalue weighted by Gasteiger charge is -2.32. The van der Waals surface area contributed by atoms with E-state index < -0.39 is 23.5 Å². The molecule has 0 bridgehead atoms. The molecule has 0 fully saturated rings. The highest BCUT2D eigenvalue weighted by atomic mass is 79.9. The molecule has 3 N–H and O–H groups in total. The summed E-state index contributed by atoms with van der Waals surface area (Å²) in [6.45, 7) is 7.40. The number of nitrogens with one attached hydrogen (secondary N) is 1. The first-order valence-electron chi connectivity index (χ1n) is 11.7. The van der Waals surface area contributed by atoms with Gasteiger partial charge >= 0.3 is 0 Å². The van der Waals surface area contributed by atoms with Crippen molar-refractivity contribution >= 4 is 39.3 Å². The lowest BCUT2D eigenvalue weighted by molar-refractivity contribution is -0.121. The number of benzene rings is 2. The highest BCUT2D eigenvalue weighted by Crippen LogP contribution is 2.37. The van der Waals surface area contributed by atoms with Crippen LogP contribution < -0.4 is 16.0 Å². The molecule has 1 aliphatic heterocycles. The van der Waals surface area contributed by atoms with E-state index in [0.29, 0.717) is 28.0 Å². The minimum Gasteiger partial charge on any atom is -0.472 e. The molecule has 2 amide bonds. The molecule has 0 aromatic heterocycles. The number of nitrogens with two attached hydrogens (primary N) is 1. The first-order valence-corrected chi connectivity index (χ1v) is 12.5. The minimum absolute atomic E-state index is 0.136. The Morgan fingerprint density at radius 2 is 1.95 bits per heavy atom. The second-order valence-corrected chi connectivity index (χ2v) is 9.32. The summed E-state index contributed by atoms with van der Waals surface area (Å²) in [7, 11) is 0. The number of hydrogen-bond acceptors (Lipinski definition) is 5. The van der Waals surface area contributed by atoms with Crippen LogP contribution in [0.5, 0.6) is 0 Å². The van der Waals surface area contributed by atoms with Gasteiger partial charge in [0, 0.05) is 23.7 Å². The number of carbonyl (C=O) groups excluding carboxylic acids is 2. The van der Waals surface area contributed by atoms with Crippen molar-refractivity contribution in [2.75, 3.05) is 11.4 Å². The van der Waals surface area contributed by atoms with Crippen LogP contribution in [0.4, 0.5) is 14.5 Å². The molecular weight excluding hydrogens is 546 g/mol. The molecule has 37 heavy (non-hydrogen) atoms. The Kier molecular flexibility index (Phi) is 9.20. The number of amides is 2. The molecule has 0 saturated carbocycles. The number of hydrogen-bond donors (Lipinski definition) is 2. The highest BCUT2D eigenvalue weighted by Gasteiger charge is 2.27. The van der Waals surface area contributed by atoms with E-state index in [9.17, 15) is 18.4 Å².